The number of phenolic OH excluding ortho intramolecular Hbond substituents is 1. The molecule has 11 nitrogen and oxygen atoms in total. The van der Waals surface area contributed by atoms with E-state index in [0.29, 0.717) is 28.8 Å². The van der Waals surface area contributed by atoms with E-state index in [-0.39, 0.29) is 41.9 Å². The van der Waals surface area contributed by atoms with Crippen LogP contribution < -0.4 is 5.73 Å². The van der Waals surface area contributed by atoms with Crippen molar-refractivity contribution >= 4 is 23.3 Å². The highest BCUT2D eigenvalue weighted by atomic mass is 16.3. The van der Waals surface area contributed by atoms with Gasteiger partial charge in [0.2, 0.25) is 5.78 Å². The van der Waals surface area contributed by atoms with Gasteiger partial charge in [0.15, 0.2) is 11.4 Å². The Bertz CT molecular complexity index is 1590. The molecule has 0 radical (unpaired) electrons. The normalized spacial score (nSPS) is 25.3. The maximum absolute atomic E-state index is 13.9. The number of hydrogen-bond donors (Lipinski definition) is 5. The smallest absolute Gasteiger partial charge is 0.255 e. The van der Waals surface area contributed by atoms with E-state index in [1.54, 1.807) is 38.5 Å². The molecule has 4 atom stereocenters. The first kappa shape index (κ1) is 29.2. The maximum Gasteiger partial charge on any atom is 0.255 e. The SMILES string of the molecule is CCCC(=O)Cc1ccc(-c2ccc(O)c3c2CC2CC4C(N(C)C)C(O)=C(C(N)=O)C(=O)C4(O)C(O)=C2C3=O)cn1. The Kier molecular flexibility index (Phi) is 7.28. The second-order valence-electron chi connectivity index (χ2n) is 11.5. The molecule has 11 heteroatoms. The van der Waals surface area contributed by atoms with Crippen molar-refractivity contribution in [2.24, 2.45) is 17.6 Å². The van der Waals surface area contributed by atoms with Crippen LogP contribution >= 0.6 is 0 Å². The van der Waals surface area contributed by atoms with Crippen LogP contribution in [0.25, 0.3) is 11.1 Å². The van der Waals surface area contributed by atoms with Gasteiger partial charge in [0.1, 0.15) is 28.6 Å². The van der Waals surface area contributed by atoms with Crippen molar-refractivity contribution in [2.75, 3.05) is 14.1 Å². The van der Waals surface area contributed by atoms with Gasteiger partial charge in [-0.2, -0.15) is 0 Å². The Labute approximate surface area is 242 Å². The number of fused-ring (bicyclic) bond motifs is 3. The summed E-state index contributed by atoms with van der Waals surface area (Å²) in [5, 5.41) is 44.8. The number of primary amides is 1. The first-order valence-corrected chi connectivity index (χ1v) is 13.8. The molecule has 4 unspecified atom stereocenters. The number of carbonyl (C=O) groups excluding carboxylic acids is 4. The molecule has 1 heterocycles. The van der Waals surface area contributed by atoms with Gasteiger partial charge in [-0.25, -0.2) is 0 Å². The standard InChI is InChI=1S/C31H33N3O8/c1-4-5-17(35)12-16-7-6-14(13-33-16)18-8-9-21(36)23-19(18)10-15-11-20-25(34(2)3)27(38)24(30(32)41)29(40)31(20,42)28(39)22(15)26(23)37/h6-9,13,15,20,25,36,38-39,42H,4-5,10-12H2,1-3H3,(H2,32,41). The van der Waals surface area contributed by atoms with Gasteiger partial charge >= 0.3 is 0 Å². The quantitative estimate of drug-likeness (QED) is 0.306. The summed E-state index contributed by atoms with van der Waals surface area (Å²) in [5.41, 5.74) is 3.94. The number of aliphatic hydroxyl groups excluding tert-OH is 2. The highest BCUT2D eigenvalue weighted by Gasteiger charge is 2.63. The molecule has 42 heavy (non-hydrogen) atoms. The number of likely N-dealkylation sites (N-methyl/N-ethyl adjacent to an activating group) is 1. The van der Waals surface area contributed by atoms with Gasteiger partial charge in [0.25, 0.3) is 5.91 Å². The lowest BCUT2D eigenvalue weighted by molar-refractivity contribution is -0.148. The number of pyridine rings is 1. The highest BCUT2D eigenvalue weighted by molar-refractivity contribution is 6.24. The number of nitrogens with zero attached hydrogens (tertiary/aromatic N) is 2. The Hall–Kier alpha value is -4.35. The molecule has 0 aliphatic heterocycles. The predicted molar refractivity (Wildman–Crippen MR) is 151 cm³/mol. The van der Waals surface area contributed by atoms with E-state index in [9.17, 15) is 39.6 Å². The average molecular weight is 576 g/mol. The van der Waals surface area contributed by atoms with E-state index in [1.165, 1.54) is 11.0 Å². The number of hydrogen-bond acceptors (Lipinski definition) is 10. The summed E-state index contributed by atoms with van der Waals surface area (Å²) in [6.07, 6.45) is 3.19. The first-order valence-electron chi connectivity index (χ1n) is 13.8. The molecule has 220 valence electrons. The van der Waals surface area contributed by atoms with Crippen LogP contribution in [0.15, 0.2) is 53.1 Å². The van der Waals surface area contributed by atoms with Crippen LogP contribution in [0.2, 0.25) is 0 Å². The molecule has 0 saturated heterocycles. The Morgan fingerprint density at radius 1 is 1.12 bits per heavy atom. The van der Waals surface area contributed by atoms with Gasteiger partial charge < -0.3 is 26.2 Å². The highest BCUT2D eigenvalue weighted by Crippen LogP contribution is 2.53. The molecule has 3 aliphatic rings. The molecule has 2 aromatic rings. The van der Waals surface area contributed by atoms with Crippen molar-refractivity contribution < 1.29 is 39.6 Å². The zero-order valence-electron chi connectivity index (χ0n) is 23.5. The third kappa shape index (κ3) is 4.31. The number of Topliss-reactive ketones (excluding diaryl/α,β-unsaturated/α-hetero) is 3. The number of aliphatic hydroxyl groups is 3. The number of nitrogens with two attached hydrogens (primary N) is 1. The fourth-order valence-electron chi connectivity index (χ4n) is 6.78. The number of aromatic nitrogens is 1. The van der Waals surface area contributed by atoms with Gasteiger partial charge in [-0.3, -0.25) is 29.1 Å². The number of amides is 1. The molecular formula is C31H33N3O8. The number of benzene rings is 1. The Balaban J connectivity index is 1.61. The van der Waals surface area contributed by atoms with Crippen LogP contribution in [-0.4, -0.2) is 79.3 Å². The van der Waals surface area contributed by atoms with Crippen LogP contribution in [0.4, 0.5) is 0 Å². The van der Waals surface area contributed by atoms with E-state index < -0.39 is 58.0 Å². The summed E-state index contributed by atoms with van der Waals surface area (Å²) in [4.78, 5) is 57.4. The third-order valence-corrected chi connectivity index (χ3v) is 8.65. The van der Waals surface area contributed by atoms with E-state index >= 15 is 0 Å². The van der Waals surface area contributed by atoms with E-state index in [4.69, 9.17) is 5.73 Å². The number of carbonyl (C=O) groups is 4. The second kappa shape index (κ2) is 10.5. The van der Waals surface area contributed by atoms with Gasteiger partial charge in [0, 0.05) is 41.8 Å². The molecule has 5 rings (SSSR count). The van der Waals surface area contributed by atoms with Crippen LogP contribution in [0.5, 0.6) is 5.75 Å². The van der Waals surface area contributed by atoms with Crippen LogP contribution in [-0.2, 0) is 27.2 Å². The van der Waals surface area contributed by atoms with Crippen molar-refractivity contribution in [3.05, 3.63) is 69.9 Å². The molecule has 0 spiro atoms. The van der Waals surface area contributed by atoms with Crippen molar-refractivity contribution in [3.63, 3.8) is 0 Å². The number of rotatable bonds is 7. The summed E-state index contributed by atoms with van der Waals surface area (Å²) < 4.78 is 0. The van der Waals surface area contributed by atoms with Crippen molar-refractivity contribution in [1.82, 2.24) is 9.88 Å². The van der Waals surface area contributed by atoms with Crippen LogP contribution in [0, 0.1) is 11.8 Å². The van der Waals surface area contributed by atoms with Gasteiger partial charge in [0.05, 0.1) is 11.6 Å². The lowest BCUT2D eigenvalue weighted by atomic mass is 9.58. The molecule has 1 aromatic carbocycles. The summed E-state index contributed by atoms with van der Waals surface area (Å²) in [7, 11) is 3.16. The number of phenols is 1. The van der Waals surface area contributed by atoms with Crippen molar-refractivity contribution in [3.8, 4) is 16.9 Å². The van der Waals surface area contributed by atoms with Crippen molar-refractivity contribution in [2.45, 2.75) is 50.7 Å². The van der Waals surface area contributed by atoms with E-state index in [2.05, 4.69) is 4.98 Å². The average Bonchev–Trinajstić information content (AvgIpc) is 2.91. The minimum atomic E-state index is -2.69. The van der Waals surface area contributed by atoms with Gasteiger partial charge in [-0.05, 0) is 62.5 Å². The number of allylic oxidation sites excluding steroid dienone is 1. The molecular weight excluding hydrogens is 542 g/mol. The molecule has 0 saturated carbocycles. The molecule has 3 aliphatic carbocycles. The topological polar surface area (TPSA) is 191 Å². The number of aromatic hydroxyl groups is 1. The Morgan fingerprint density at radius 2 is 1.83 bits per heavy atom. The van der Waals surface area contributed by atoms with E-state index in [0.717, 1.165) is 6.42 Å². The molecule has 0 fully saturated rings. The fourth-order valence-corrected chi connectivity index (χ4v) is 6.78. The summed E-state index contributed by atoms with van der Waals surface area (Å²) >= 11 is 0. The minimum absolute atomic E-state index is 0.00239. The fraction of sp³-hybridized carbons (Fsp3) is 0.387. The lowest BCUT2D eigenvalue weighted by Crippen LogP contribution is -2.63. The largest absolute Gasteiger partial charge is 0.510 e. The number of ketones is 3. The molecule has 1 amide bonds. The third-order valence-electron chi connectivity index (χ3n) is 8.65. The lowest BCUT2D eigenvalue weighted by Gasteiger charge is -2.50. The minimum Gasteiger partial charge on any atom is -0.510 e. The first-order chi connectivity index (χ1) is 19.8. The van der Waals surface area contributed by atoms with Gasteiger partial charge in [-0.15, -0.1) is 0 Å². The zero-order chi connectivity index (χ0) is 30.7. The second-order valence-corrected chi connectivity index (χ2v) is 11.5. The summed E-state index contributed by atoms with van der Waals surface area (Å²) in [6, 6.07) is 5.48. The van der Waals surface area contributed by atoms with Crippen molar-refractivity contribution in [1.29, 1.82) is 0 Å². The van der Waals surface area contributed by atoms with Crippen LogP contribution in [0.3, 0.4) is 0 Å². The predicted octanol–water partition coefficient (Wildman–Crippen LogP) is 2.09. The van der Waals surface area contributed by atoms with E-state index in [1.807, 2.05) is 6.92 Å². The maximum atomic E-state index is 13.9. The zero-order valence-corrected chi connectivity index (χ0v) is 23.5. The Morgan fingerprint density at radius 3 is 2.43 bits per heavy atom. The summed E-state index contributed by atoms with van der Waals surface area (Å²) in [6.45, 7) is 1.93. The van der Waals surface area contributed by atoms with Gasteiger partial charge in [-0.1, -0.05) is 19.1 Å². The van der Waals surface area contributed by atoms with Crippen LogP contribution in [0.1, 0.15) is 47.8 Å². The molecule has 1 aromatic heterocycles. The molecule has 0 bridgehead atoms. The monoisotopic (exact) mass is 575 g/mol. The summed E-state index contributed by atoms with van der Waals surface area (Å²) in [5.74, 6) is -6.87. The molecule has 6 N–H and O–H groups in total.